The summed E-state index contributed by atoms with van der Waals surface area (Å²) < 4.78 is 19.5. The summed E-state index contributed by atoms with van der Waals surface area (Å²) in [6.45, 7) is 4.06. The van der Waals surface area contributed by atoms with Crippen molar-refractivity contribution < 1.29 is 13.9 Å². The SMILES string of the molecule is CCCCC(=O)Nc1cc(C)cc(-c2cnc3n[nH]c(-c4nc5nccc(-c6cc(F)cc(OC)c6)c5[nH]4)c3c2)c1. The largest absolute Gasteiger partial charge is 0.497 e. The zero-order chi connectivity index (χ0) is 28.5. The topological polar surface area (TPSA) is 121 Å². The van der Waals surface area contributed by atoms with Crippen LogP contribution >= 0.6 is 0 Å². The minimum Gasteiger partial charge on any atom is -0.497 e. The van der Waals surface area contributed by atoms with E-state index in [1.165, 1.54) is 19.2 Å². The van der Waals surface area contributed by atoms with Gasteiger partial charge in [0.15, 0.2) is 17.1 Å². The number of aromatic amines is 2. The third-order valence-electron chi connectivity index (χ3n) is 6.91. The number of rotatable bonds is 8. The summed E-state index contributed by atoms with van der Waals surface area (Å²) in [6.07, 6.45) is 5.71. The molecule has 0 radical (unpaired) electrons. The van der Waals surface area contributed by atoms with Gasteiger partial charge in [0.2, 0.25) is 5.91 Å². The van der Waals surface area contributed by atoms with Gasteiger partial charge in [0.05, 0.1) is 18.0 Å². The van der Waals surface area contributed by atoms with Crippen LogP contribution in [0.2, 0.25) is 0 Å². The predicted molar refractivity (Wildman–Crippen MR) is 157 cm³/mol. The third-order valence-corrected chi connectivity index (χ3v) is 6.91. The summed E-state index contributed by atoms with van der Waals surface area (Å²) in [4.78, 5) is 29.4. The van der Waals surface area contributed by atoms with Crippen molar-refractivity contribution in [2.24, 2.45) is 0 Å². The van der Waals surface area contributed by atoms with Crippen molar-refractivity contribution in [2.75, 3.05) is 12.4 Å². The average Bonchev–Trinajstić information content (AvgIpc) is 3.59. The number of methoxy groups -OCH3 is 1. The highest BCUT2D eigenvalue weighted by atomic mass is 19.1. The molecule has 4 heterocycles. The predicted octanol–water partition coefficient (Wildman–Crippen LogP) is 6.82. The van der Waals surface area contributed by atoms with Gasteiger partial charge in [0.25, 0.3) is 0 Å². The van der Waals surface area contributed by atoms with Crippen LogP contribution in [0.3, 0.4) is 0 Å². The molecular formula is C31H28FN7O2. The van der Waals surface area contributed by atoms with Crippen LogP contribution in [-0.4, -0.2) is 43.2 Å². The minimum absolute atomic E-state index is 0.00338. The van der Waals surface area contributed by atoms with E-state index >= 15 is 0 Å². The smallest absolute Gasteiger partial charge is 0.224 e. The molecular weight excluding hydrogens is 521 g/mol. The van der Waals surface area contributed by atoms with Gasteiger partial charge in [-0.3, -0.25) is 9.89 Å². The van der Waals surface area contributed by atoms with Crippen molar-refractivity contribution in [2.45, 2.75) is 33.1 Å². The highest BCUT2D eigenvalue weighted by Gasteiger charge is 2.17. The highest BCUT2D eigenvalue weighted by Crippen LogP contribution is 2.34. The van der Waals surface area contributed by atoms with E-state index in [4.69, 9.17) is 9.72 Å². The maximum Gasteiger partial charge on any atom is 0.224 e. The number of nitrogens with zero attached hydrogens (tertiary/aromatic N) is 4. The fourth-order valence-electron chi connectivity index (χ4n) is 4.93. The number of imidazole rings is 1. The number of nitrogens with one attached hydrogen (secondary N) is 3. The molecule has 6 aromatic rings. The van der Waals surface area contributed by atoms with Crippen LogP contribution in [0.5, 0.6) is 5.75 Å². The normalized spacial score (nSPS) is 11.3. The summed E-state index contributed by atoms with van der Waals surface area (Å²) in [5, 5.41) is 11.2. The summed E-state index contributed by atoms with van der Waals surface area (Å²) in [7, 11) is 1.50. The quantitative estimate of drug-likeness (QED) is 0.192. The first kappa shape index (κ1) is 26.1. The molecule has 0 aliphatic carbocycles. The van der Waals surface area contributed by atoms with E-state index in [2.05, 4.69) is 43.5 Å². The number of aryl methyl sites for hydroxylation is 1. The first-order chi connectivity index (χ1) is 19.9. The van der Waals surface area contributed by atoms with Crippen LogP contribution < -0.4 is 10.1 Å². The van der Waals surface area contributed by atoms with Gasteiger partial charge in [0, 0.05) is 41.7 Å². The van der Waals surface area contributed by atoms with Crippen LogP contribution in [-0.2, 0) is 4.79 Å². The van der Waals surface area contributed by atoms with E-state index in [1.807, 2.05) is 25.1 Å². The third kappa shape index (κ3) is 5.23. The molecule has 6 rings (SSSR count). The van der Waals surface area contributed by atoms with Gasteiger partial charge in [0.1, 0.15) is 17.3 Å². The van der Waals surface area contributed by atoms with Gasteiger partial charge in [-0.15, -0.1) is 0 Å². The lowest BCUT2D eigenvalue weighted by Gasteiger charge is -2.10. The number of ether oxygens (including phenoxy) is 1. The Morgan fingerprint density at radius 1 is 1.02 bits per heavy atom. The van der Waals surface area contributed by atoms with E-state index in [9.17, 15) is 9.18 Å². The average molecular weight is 550 g/mol. The number of anilines is 1. The van der Waals surface area contributed by atoms with Crippen LogP contribution in [0.15, 0.2) is 60.9 Å². The van der Waals surface area contributed by atoms with E-state index in [0.29, 0.717) is 46.1 Å². The van der Waals surface area contributed by atoms with E-state index < -0.39 is 5.82 Å². The molecule has 0 fully saturated rings. The number of pyridine rings is 2. The number of amides is 1. The second-order valence-electron chi connectivity index (χ2n) is 9.96. The summed E-state index contributed by atoms with van der Waals surface area (Å²) >= 11 is 0. The van der Waals surface area contributed by atoms with Gasteiger partial charge < -0.3 is 15.0 Å². The molecule has 1 amide bonds. The van der Waals surface area contributed by atoms with Gasteiger partial charge >= 0.3 is 0 Å². The maximum atomic E-state index is 14.3. The van der Waals surface area contributed by atoms with Crippen molar-refractivity contribution in [1.82, 2.24) is 30.1 Å². The lowest BCUT2D eigenvalue weighted by molar-refractivity contribution is -0.116. The fraction of sp³-hybridized carbons (Fsp3) is 0.194. The number of halogens is 1. The van der Waals surface area contributed by atoms with Crippen LogP contribution in [0.1, 0.15) is 31.7 Å². The molecule has 0 saturated heterocycles. The van der Waals surface area contributed by atoms with Crippen molar-refractivity contribution in [1.29, 1.82) is 0 Å². The number of carbonyl (C=O) groups is 1. The molecule has 4 aromatic heterocycles. The van der Waals surface area contributed by atoms with Crippen molar-refractivity contribution in [3.05, 3.63) is 72.3 Å². The van der Waals surface area contributed by atoms with Gasteiger partial charge in [-0.05, 0) is 66.4 Å². The summed E-state index contributed by atoms with van der Waals surface area (Å²) in [6, 6.07) is 14.3. The summed E-state index contributed by atoms with van der Waals surface area (Å²) in [5.41, 5.74) is 7.26. The lowest BCUT2D eigenvalue weighted by atomic mass is 10.0. The zero-order valence-electron chi connectivity index (χ0n) is 22.9. The Morgan fingerprint density at radius 3 is 2.73 bits per heavy atom. The highest BCUT2D eigenvalue weighted by molar-refractivity contribution is 5.97. The number of H-pyrrole nitrogens is 2. The molecule has 0 unspecified atom stereocenters. The Hall–Kier alpha value is -5.12. The number of benzene rings is 2. The Kier molecular flexibility index (Phi) is 6.88. The number of aromatic nitrogens is 6. The lowest BCUT2D eigenvalue weighted by Crippen LogP contribution is -2.11. The van der Waals surface area contributed by atoms with E-state index in [0.717, 1.165) is 46.2 Å². The maximum absolute atomic E-state index is 14.3. The standard InChI is InChI=1S/C31H28FN7O2/c1-4-5-6-26(40)35-22-10-17(2)9-18(12-22)20-14-25-28(38-39-29(25)34-16-20)31-36-27-24(7-8-33-30(27)37-31)19-11-21(32)15-23(13-19)41-3/h7-16H,4-6H2,1-3H3,(H,35,40)(H,33,36,37)(H,34,38,39). The molecule has 3 N–H and O–H groups in total. The van der Waals surface area contributed by atoms with Gasteiger partial charge in [-0.25, -0.2) is 19.3 Å². The number of hydrogen-bond acceptors (Lipinski definition) is 6. The molecule has 206 valence electrons. The zero-order valence-corrected chi connectivity index (χ0v) is 22.9. The second kappa shape index (κ2) is 10.8. The number of unbranched alkanes of at least 4 members (excludes halogenated alkanes) is 1. The Labute approximate surface area is 235 Å². The first-order valence-electron chi connectivity index (χ1n) is 13.4. The monoisotopic (exact) mass is 549 g/mol. The second-order valence-corrected chi connectivity index (χ2v) is 9.96. The summed E-state index contributed by atoms with van der Waals surface area (Å²) in [5.74, 6) is 0.547. The molecule has 0 aliphatic rings. The minimum atomic E-state index is -0.401. The van der Waals surface area contributed by atoms with Crippen LogP contribution in [0, 0.1) is 12.7 Å². The van der Waals surface area contributed by atoms with Crippen molar-refractivity contribution in [3.63, 3.8) is 0 Å². The van der Waals surface area contributed by atoms with E-state index in [1.54, 1.807) is 24.5 Å². The molecule has 0 aliphatic heterocycles. The van der Waals surface area contributed by atoms with Crippen LogP contribution in [0.25, 0.3) is 56.0 Å². The Bertz CT molecular complexity index is 1910. The molecule has 0 atom stereocenters. The number of hydrogen-bond donors (Lipinski definition) is 3. The number of fused-ring (bicyclic) bond motifs is 2. The fourth-order valence-corrected chi connectivity index (χ4v) is 4.93. The Morgan fingerprint density at radius 2 is 1.90 bits per heavy atom. The molecule has 2 aromatic carbocycles. The molecule has 9 nitrogen and oxygen atoms in total. The van der Waals surface area contributed by atoms with E-state index in [-0.39, 0.29) is 5.91 Å². The van der Waals surface area contributed by atoms with Gasteiger partial charge in [-0.1, -0.05) is 19.4 Å². The molecule has 0 saturated carbocycles. The molecule has 0 spiro atoms. The number of carbonyl (C=O) groups excluding carboxylic acids is 1. The van der Waals surface area contributed by atoms with Gasteiger partial charge in [-0.2, -0.15) is 5.10 Å². The van der Waals surface area contributed by atoms with Crippen molar-refractivity contribution >= 4 is 33.8 Å². The molecule has 41 heavy (non-hydrogen) atoms. The first-order valence-corrected chi connectivity index (χ1v) is 13.4. The molecule has 10 heteroatoms. The Balaban J connectivity index is 1.39. The van der Waals surface area contributed by atoms with Crippen molar-refractivity contribution in [3.8, 4) is 39.5 Å². The molecule has 0 bridgehead atoms. The van der Waals surface area contributed by atoms with Crippen LogP contribution in [0.4, 0.5) is 10.1 Å².